The van der Waals surface area contributed by atoms with Crippen molar-refractivity contribution in [3.8, 4) is 0 Å². The SMILES string of the molecule is CCOP1(=O)CCN(C)C(C(C)(C)C)C1(CCCCN(C(=O)OC(C)(C)C)C(=O)OC(C)(C)C)C(=O)O. The lowest BCUT2D eigenvalue weighted by Crippen LogP contribution is -2.65. The first-order valence-corrected chi connectivity index (χ1v) is 14.8. The Labute approximate surface area is 222 Å². The summed E-state index contributed by atoms with van der Waals surface area (Å²) in [4.78, 5) is 41.5. The van der Waals surface area contributed by atoms with Crippen LogP contribution in [0, 0.1) is 5.41 Å². The highest BCUT2D eigenvalue weighted by Crippen LogP contribution is 2.67. The Morgan fingerprint density at radius 1 is 0.973 bits per heavy atom. The Kier molecular flexibility index (Phi) is 10.9. The van der Waals surface area contributed by atoms with Crippen LogP contribution in [0.5, 0.6) is 0 Å². The Hall–Kier alpha value is -1.64. The van der Waals surface area contributed by atoms with Gasteiger partial charge in [0.15, 0.2) is 5.16 Å². The van der Waals surface area contributed by atoms with E-state index in [1.165, 1.54) is 0 Å². The van der Waals surface area contributed by atoms with E-state index in [0.29, 0.717) is 13.0 Å². The van der Waals surface area contributed by atoms with Crippen molar-refractivity contribution in [2.45, 2.75) is 111 Å². The van der Waals surface area contributed by atoms with Crippen LogP contribution in [0.1, 0.15) is 88.5 Å². The largest absolute Gasteiger partial charge is 0.480 e. The fourth-order valence-corrected chi connectivity index (χ4v) is 8.67. The molecule has 0 bridgehead atoms. The highest BCUT2D eigenvalue weighted by molar-refractivity contribution is 7.62. The van der Waals surface area contributed by atoms with Crippen LogP contribution in [-0.2, 0) is 23.4 Å². The number of carbonyl (C=O) groups excluding carboxylic acids is 2. The second-order valence-corrected chi connectivity index (χ2v) is 15.7. The molecule has 0 aromatic heterocycles. The molecular weight excluding hydrogens is 499 g/mol. The van der Waals surface area contributed by atoms with Gasteiger partial charge in [-0.05, 0) is 80.2 Å². The number of imide groups is 1. The lowest BCUT2D eigenvalue weighted by atomic mass is 9.75. The van der Waals surface area contributed by atoms with Gasteiger partial charge in [-0.1, -0.05) is 20.8 Å². The van der Waals surface area contributed by atoms with Crippen molar-refractivity contribution in [3.63, 3.8) is 0 Å². The van der Waals surface area contributed by atoms with E-state index in [1.54, 1.807) is 48.5 Å². The van der Waals surface area contributed by atoms with Gasteiger partial charge in [-0.3, -0.25) is 9.36 Å². The topological polar surface area (TPSA) is 123 Å². The van der Waals surface area contributed by atoms with Gasteiger partial charge in [-0.25, -0.2) is 14.5 Å². The predicted octanol–water partition coefficient (Wildman–Crippen LogP) is 5.83. The molecule has 2 amide bonds. The molecule has 1 aliphatic heterocycles. The molecule has 1 aliphatic rings. The van der Waals surface area contributed by atoms with Crippen molar-refractivity contribution in [3.05, 3.63) is 0 Å². The Balaban J connectivity index is 3.27. The number of carboxylic acid groups (broad SMARTS) is 1. The molecular formula is C26H49N2O8P. The van der Waals surface area contributed by atoms with Crippen molar-refractivity contribution < 1.29 is 38.1 Å². The van der Waals surface area contributed by atoms with Crippen molar-refractivity contribution in [1.29, 1.82) is 0 Å². The lowest BCUT2D eigenvalue weighted by Gasteiger charge is -2.54. The van der Waals surface area contributed by atoms with Crippen LogP contribution in [-0.4, -0.2) is 88.4 Å². The molecule has 37 heavy (non-hydrogen) atoms. The predicted molar refractivity (Wildman–Crippen MR) is 143 cm³/mol. The summed E-state index contributed by atoms with van der Waals surface area (Å²) in [5.74, 6) is -1.15. The Bertz CT molecular complexity index is 843. The number of rotatable bonds is 8. The molecule has 0 radical (unpaired) electrons. The number of nitrogens with zero attached hydrogens (tertiary/aromatic N) is 2. The smallest absolute Gasteiger partial charge is 0.419 e. The van der Waals surface area contributed by atoms with E-state index >= 15 is 0 Å². The molecule has 3 atom stereocenters. The number of ether oxygens (including phenoxy) is 2. The molecule has 0 saturated carbocycles. The van der Waals surface area contributed by atoms with E-state index in [2.05, 4.69) is 0 Å². The number of aliphatic carboxylic acids is 1. The van der Waals surface area contributed by atoms with Crippen molar-refractivity contribution in [2.75, 3.05) is 32.9 Å². The van der Waals surface area contributed by atoms with Gasteiger partial charge in [0, 0.05) is 25.3 Å². The van der Waals surface area contributed by atoms with Crippen LogP contribution in [0.15, 0.2) is 0 Å². The average Bonchev–Trinajstić information content (AvgIpc) is 2.66. The van der Waals surface area contributed by atoms with Crippen LogP contribution in [0.25, 0.3) is 0 Å². The molecule has 0 aliphatic carbocycles. The molecule has 1 N–H and O–H groups in total. The molecule has 0 aromatic rings. The maximum atomic E-state index is 14.2. The zero-order valence-electron chi connectivity index (χ0n) is 24.7. The zero-order valence-corrected chi connectivity index (χ0v) is 25.6. The van der Waals surface area contributed by atoms with Crippen molar-refractivity contribution in [1.82, 2.24) is 9.80 Å². The molecule has 1 fully saturated rings. The molecule has 1 rings (SSSR count). The molecule has 11 heteroatoms. The molecule has 0 spiro atoms. The second kappa shape index (κ2) is 12.0. The summed E-state index contributed by atoms with van der Waals surface area (Å²) < 4.78 is 30.8. The van der Waals surface area contributed by atoms with Crippen LogP contribution < -0.4 is 0 Å². The third-order valence-electron chi connectivity index (χ3n) is 6.19. The minimum atomic E-state index is -3.60. The standard InChI is InChI=1S/C26H49N2O8P/c1-12-34-37(33)18-17-27(11)19(23(2,3)4)26(37,20(29)30)15-13-14-16-28(21(31)35-24(5,6)7)22(32)36-25(8,9)10/h19H,12-18H2,1-11H3,(H,29,30). The Morgan fingerprint density at radius 2 is 1.46 bits per heavy atom. The number of hydrogen-bond acceptors (Lipinski definition) is 8. The van der Waals surface area contributed by atoms with Crippen LogP contribution in [0.4, 0.5) is 9.59 Å². The summed E-state index contributed by atoms with van der Waals surface area (Å²) in [6, 6.07) is -0.545. The molecule has 3 unspecified atom stereocenters. The number of carbonyl (C=O) groups is 3. The van der Waals surface area contributed by atoms with Gasteiger partial charge in [0.2, 0.25) is 7.37 Å². The quantitative estimate of drug-likeness (QED) is 0.295. The third kappa shape index (κ3) is 8.42. The molecule has 10 nitrogen and oxygen atoms in total. The maximum Gasteiger partial charge on any atom is 0.419 e. The van der Waals surface area contributed by atoms with E-state index in [0.717, 1.165) is 4.90 Å². The molecule has 1 saturated heterocycles. The highest BCUT2D eigenvalue weighted by atomic mass is 31.2. The van der Waals surface area contributed by atoms with Gasteiger partial charge in [-0.2, -0.15) is 0 Å². The Morgan fingerprint density at radius 3 is 1.84 bits per heavy atom. The van der Waals surface area contributed by atoms with Crippen molar-refractivity contribution in [2.24, 2.45) is 5.41 Å². The molecule has 0 aromatic carbocycles. The van der Waals surface area contributed by atoms with E-state index in [9.17, 15) is 24.1 Å². The minimum absolute atomic E-state index is 0.0332. The molecule has 216 valence electrons. The van der Waals surface area contributed by atoms with Crippen LogP contribution in [0.2, 0.25) is 0 Å². The van der Waals surface area contributed by atoms with E-state index in [1.807, 2.05) is 32.7 Å². The summed E-state index contributed by atoms with van der Waals surface area (Å²) in [5.41, 5.74) is -2.14. The zero-order chi connectivity index (χ0) is 29.0. The third-order valence-corrected chi connectivity index (χ3v) is 9.53. The van der Waals surface area contributed by atoms with E-state index < -0.39 is 53.3 Å². The van der Waals surface area contributed by atoms with Crippen LogP contribution in [0.3, 0.4) is 0 Å². The summed E-state index contributed by atoms with van der Waals surface area (Å²) in [6.07, 6.45) is -0.869. The maximum absolute atomic E-state index is 14.2. The number of unbranched alkanes of at least 4 members (excludes halogenated alkanes) is 1. The molecule has 1 heterocycles. The first kappa shape index (κ1) is 33.4. The van der Waals surface area contributed by atoms with Crippen LogP contribution >= 0.6 is 7.37 Å². The minimum Gasteiger partial charge on any atom is -0.480 e. The van der Waals surface area contributed by atoms with Gasteiger partial charge in [0.1, 0.15) is 11.2 Å². The van der Waals surface area contributed by atoms with Gasteiger partial charge in [0.05, 0.1) is 6.61 Å². The van der Waals surface area contributed by atoms with Gasteiger partial charge in [0.25, 0.3) is 0 Å². The van der Waals surface area contributed by atoms with Gasteiger partial charge in [-0.15, -0.1) is 0 Å². The van der Waals surface area contributed by atoms with Gasteiger partial charge < -0.3 is 24.0 Å². The summed E-state index contributed by atoms with van der Waals surface area (Å²) >= 11 is 0. The summed E-state index contributed by atoms with van der Waals surface area (Å²) in [5, 5.41) is 8.98. The fourth-order valence-electron chi connectivity index (χ4n) is 5.17. The average molecular weight is 549 g/mol. The monoisotopic (exact) mass is 548 g/mol. The highest BCUT2D eigenvalue weighted by Gasteiger charge is 2.65. The number of carboxylic acids is 1. The van der Waals surface area contributed by atoms with E-state index in [4.69, 9.17) is 14.0 Å². The first-order valence-electron chi connectivity index (χ1n) is 13.0. The number of hydrogen-bond donors (Lipinski definition) is 1. The fraction of sp³-hybridized carbons (Fsp3) is 0.885. The van der Waals surface area contributed by atoms with E-state index in [-0.39, 0.29) is 32.2 Å². The summed E-state index contributed by atoms with van der Waals surface area (Å²) in [6.45, 7) is 18.3. The summed E-state index contributed by atoms with van der Waals surface area (Å²) in [7, 11) is -1.74. The van der Waals surface area contributed by atoms with Crippen molar-refractivity contribution >= 4 is 25.5 Å². The lowest BCUT2D eigenvalue weighted by molar-refractivity contribution is -0.145. The normalized spacial score (nSPS) is 25.4. The van der Waals surface area contributed by atoms with Gasteiger partial charge >= 0.3 is 18.2 Å². The number of amides is 2. The first-order chi connectivity index (χ1) is 16.6. The second-order valence-electron chi connectivity index (χ2n) is 12.9.